The van der Waals surface area contributed by atoms with Crippen LogP contribution in [0.3, 0.4) is 0 Å². The lowest BCUT2D eigenvalue weighted by Crippen LogP contribution is -2.33. The Morgan fingerprint density at radius 2 is 2.03 bits per heavy atom. The van der Waals surface area contributed by atoms with E-state index in [9.17, 15) is 22.8 Å². The van der Waals surface area contributed by atoms with Crippen LogP contribution in [0.4, 0.5) is 24.7 Å². The zero-order chi connectivity index (χ0) is 21.7. The molecule has 0 spiro atoms. The summed E-state index contributed by atoms with van der Waals surface area (Å²) in [5.74, 6) is -0.462. The lowest BCUT2D eigenvalue weighted by atomic mass is 9.89. The second-order valence-electron chi connectivity index (χ2n) is 6.92. The van der Waals surface area contributed by atoms with E-state index in [1.165, 1.54) is 0 Å². The van der Waals surface area contributed by atoms with E-state index >= 15 is 0 Å². The first kappa shape index (κ1) is 21.9. The molecule has 2 heterocycles. The summed E-state index contributed by atoms with van der Waals surface area (Å²) < 4.78 is 37.8. The molecule has 0 radical (unpaired) electrons. The molecule has 0 bridgehead atoms. The summed E-state index contributed by atoms with van der Waals surface area (Å²) in [7, 11) is 0. The van der Waals surface area contributed by atoms with Gasteiger partial charge in [-0.2, -0.15) is 13.2 Å². The Balaban J connectivity index is 1.39. The zero-order valence-corrected chi connectivity index (χ0v) is 16.6. The van der Waals surface area contributed by atoms with Crippen LogP contribution >= 0.6 is 11.6 Å². The maximum atomic E-state index is 12.6. The summed E-state index contributed by atoms with van der Waals surface area (Å²) in [6, 6.07) is 8.36. The number of anilines is 2. The second-order valence-corrected chi connectivity index (χ2v) is 7.32. The normalized spacial score (nSPS) is 15.9. The van der Waals surface area contributed by atoms with Crippen molar-refractivity contribution in [3.05, 3.63) is 52.7 Å². The third-order valence-corrected chi connectivity index (χ3v) is 5.03. The number of nitrogens with zero attached hydrogens (tertiary/aromatic N) is 1. The molecule has 1 aromatic carbocycles. The van der Waals surface area contributed by atoms with Crippen molar-refractivity contribution in [3.8, 4) is 0 Å². The third-order valence-electron chi connectivity index (χ3n) is 4.74. The number of hydrogen-bond donors (Lipinski definition) is 3. The van der Waals surface area contributed by atoms with Gasteiger partial charge in [0.15, 0.2) is 0 Å². The quantitative estimate of drug-likeness (QED) is 0.571. The molecule has 0 unspecified atom stereocenters. The van der Waals surface area contributed by atoms with E-state index in [4.69, 9.17) is 11.6 Å². The molecule has 0 saturated carbocycles. The number of carbonyl (C=O) groups excluding carboxylic acids is 2. The largest absolute Gasteiger partial charge is 0.417 e. The molecule has 160 valence electrons. The Morgan fingerprint density at radius 3 is 2.77 bits per heavy atom. The highest BCUT2D eigenvalue weighted by molar-refractivity contribution is 6.32. The Hall–Kier alpha value is -2.81. The minimum atomic E-state index is -4.51. The van der Waals surface area contributed by atoms with E-state index in [0.29, 0.717) is 19.0 Å². The van der Waals surface area contributed by atoms with Crippen molar-refractivity contribution in [2.75, 3.05) is 23.7 Å². The predicted molar refractivity (Wildman–Crippen MR) is 107 cm³/mol. The zero-order valence-electron chi connectivity index (χ0n) is 15.9. The molecule has 30 heavy (non-hydrogen) atoms. The number of hydrogen-bond acceptors (Lipinski definition) is 4. The fraction of sp³-hybridized carbons (Fsp3) is 0.350. The van der Waals surface area contributed by atoms with Gasteiger partial charge >= 0.3 is 6.18 Å². The average molecular weight is 441 g/mol. The predicted octanol–water partition coefficient (Wildman–Crippen LogP) is 3.87. The van der Waals surface area contributed by atoms with Crippen LogP contribution in [0.5, 0.6) is 0 Å². The van der Waals surface area contributed by atoms with Crippen LogP contribution in [0.1, 0.15) is 24.0 Å². The molecular formula is C20H20ClF3N4O2. The summed E-state index contributed by atoms with van der Waals surface area (Å²) in [6.45, 7) is 0.471. The number of benzene rings is 1. The first-order chi connectivity index (χ1) is 14.2. The number of alkyl halides is 3. The van der Waals surface area contributed by atoms with E-state index in [-0.39, 0.29) is 48.1 Å². The van der Waals surface area contributed by atoms with Crippen molar-refractivity contribution in [1.82, 2.24) is 10.3 Å². The summed E-state index contributed by atoms with van der Waals surface area (Å²) in [5, 5.41) is 8.18. The van der Waals surface area contributed by atoms with Gasteiger partial charge in [0.05, 0.1) is 10.6 Å². The van der Waals surface area contributed by atoms with Gasteiger partial charge in [0.1, 0.15) is 5.82 Å². The molecular weight excluding hydrogens is 421 g/mol. The van der Waals surface area contributed by atoms with E-state index in [1.54, 1.807) is 0 Å². The van der Waals surface area contributed by atoms with Crippen LogP contribution in [-0.2, 0) is 22.2 Å². The van der Waals surface area contributed by atoms with Gasteiger partial charge in [0, 0.05) is 37.3 Å². The number of nitrogens with one attached hydrogen (secondary N) is 3. The van der Waals surface area contributed by atoms with Crippen LogP contribution < -0.4 is 16.0 Å². The average Bonchev–Trinajstić information content (AvgIpc) is 2.69. The van der Waals surface area contributed by atoms with E-state index < -0.39 is 11.7 Å². The molecule has 0 aliphatic carbocycles. The van der Waals surface area contributed by atoms with Crippen LogP contribution in [0.15, 0.2) is 36.5 Å². The molecule has 1 aliphatic heterocycles. The number of pyridine rings is 1. The Morgan fingerprint density at radius 1 is 1.27 bits per heavy atom. The monoisotopic (exact) mass is 440 g/mol. The smallest absolute Gasteiger partial charge is 0.367 e. The minimum Gasteiger partial charge on any atom is -0.367 e. The first-order valence-electron chi connectivity index (χ1n) is 9.36. The highest BCUT2D eigenvalue weighted by atomic mass is 35.5. The van der Waals surface area contributed by atoms with E-state index in [2.05, 4.69) is 20.9 Å². The maximum absolute atomic E-state index is 12.6. The third kappa shape index (κ3) is 5.63. The van der Waals surface area contributed by atoms with Crippen molar-refractivity contribution in [2.45, 2.75) is 25.4 Å². The molecule has 1 aliphatic rings. The lowest BCUT2D eigenvalue weighted by molar-refractivity contribution is -0.137. The van der Waals surface area contributed by atoms with Crippen LogP contribution in [-0.4, -0.2) is 29.9 Å². The van der Waals surface area contributed by atoms with Crippen molar-refractivity contribution < 1.29 is 22.8 Å². The van der Waals surface area contributed by atoms with Crippen molar-refractivity contribution >= 4 is 34.9 Å². The fourth-order valence-corrected chi connectivity index (χ4v) is 3.38. The van der Waals surface area contributed by atoms with Gasteiger partial charge in [0.25, 0.3) is 0 Å². The molecule has 10 heteroatoms. The Labute approximate surface area is 176 Å². The number of carbonyl (C=O) groups is 2. The lowest BCUT2D eigenvalue weighted by Gasteiger charge is -2.24. The second kappa shape index (κ2) is 9.34. The van der Waals surface area contributed by atoms with Gasteiger partial charge in [-0.05, 0) is 30.5 Å². The van der Waals surface area contributed by atoms with Crippen LogP contribution in [0, 0.1) is 5.92 Å². The molecule has 3 N–H and O–H groups in total. The highest BCUT2D eigenvalue weighted by Crippen LogP contribution is 2.32. The number of amides is 2. The maximum Gasteiger partial charge on any atom is 0.417 e. The van der Waals surface area contributed by atoms with E-state index in [1.807, 2.05) is 24.3 Å². The summed E-state index contributed by atoms with van der Waals surface area (Å²) in [6.07, 6.45) is -2.61. The van der Waals surface area contributed by atoms with Crippen LogP contribution in [0.25, 0.3) is 0 Å². The Bertz CT molecular complexity index is 937. The van der Waals surface area contributed by atoms with Crippen molar-refractivity contribution in [1.29, 1.82) is 0 Å². The number of fused-ring (bicyclic) bond motifs is 1. The molecule has 0 fully saturated rings. The standard InChI is InChI=1S/C20H20ClF3N4O2/c21-15-10-14(20(22,23)24)11-27-18(15)26-8-7-25-17(29)6-5-13-9-12-3-1-2-4-16(12)28-19(13)30/h1-4,10-11,13H,5-9H2,(H,25,29)(H,26,27)(H,28,30)/t13-/m1/s1. The summed E-state index contributed by atoms with van der Waals surface area (Å²) in [4.78, 5) is 27.9. The van der Waals surface area contributed by atoms with Gasteiger partial charge in [-0.1, -0.05) is 29.8 Å². The number of para-hydroxylation sites is 1. The number of aromatic nitrogens is 1. The number of halogens is 4. The van der Waals surface area contributed by atoms with Gasteiger partial charge < -0.3 is 16.0 Å². The highest BCUT2D eigenvalue weighted by Gasteiger charge is 2.31. The topological polar surface area (TPSA) is 83.1 Å². The van der Waals surface area contributed by atoms with Crippen LogP contribution in [0.2, 0.25) is 5.02 Å². The molecule has 2 aromatic rings. The fourth-order valence-electron chi connectivity index (χ4n) is 3.15. The molecule has 6 nitrogen and oxygen atoms in total. The Kier molecular flexibility index (Phi) is 6.81. The van der Waals surface area contributed by atoms with Gasteiger partial charge in [0.2, 0.25) is 11.8 Å². The SMILES string of the molecule is O=C(CC[C@@H]1Cc2ccccc2NC1=O)NCCNc1ncc(C(F)(F)F)cc1Cl. The molecule has 1 aromatic heterocycles. The first-order valence-corrected chi connectivity index (χ1v) is 9.74. The number of rotatable bonds is 7. The summed E-state index contributed by atoms with van der Waals surface area (Å²) in [5.41, 5.74) is 0.929. The summed E-state index contributed by atoms with van der Waals surface area (Å²) >= 11 is 5.81. The van der Waals surface area contributed by atoms with E-state index in [0.717, 1.165) is 17.3 Å². The van der Waals surface area contributed by atoms with Gasteiger partial charge in [-0.15, -0.1) is 0 Å². The molecule has 2 amide bonds. The van der Waals surface area contributed by atoms with Crippen molar-refractivity contribution in [3.63, 3.8) is 0 Å². The molecule has 1 atom stereocenters. The van der Waals surface area contributed by atoms with Gasteiger partial charge in [-0.25, -0.2) is 4.98 Å². The van der Waals surface area contributed by atoms with Crippen molar-refractivity contribution in [2.24, 2.45) is 5.92 Å². The molecule has 3 rings (SSSR count). The van der Waals surface area contributed by atoms with Gasteiger partial charge in [-0.3, -0.25) is 9.59 Å². The molecule has 0 saturated heterocycles. The minimum absolute atomic E-state index is 0.0915.